The van der Waals surface area contributed by atoms with Crippen LogP contribution >= 0.6 is 12.2 Å². The summed E-state index contributed by atoms with van der Waals surface area (Å²) in [7, 11) is 1.50. The third kappa shape index (κ3) is 4.58. The van der Waals surface area contributed by atoms with Crippen molar-refractivity contribution < 1.29 is 9.53 Å². The quantitative estimate of drug-likeness (QED) is 0.367. The van der Waals surface area contributed by atoms with Crippen LogP contribution in [0, 0.1) is 6.92 Å². The van der Waals surface area contributed by atoms with Crippen LogP contribution in [0.15, 0.2) is 85.5 Å². The minimum absolute atomic E-state index is 0.000481. The van der Waals surface area contributed by atoms with Gasteiger partial charge in [0.1, 0.15) is 12.6 Å². The minimum Gasteiger partial charge on any atom is -0.375 e. The predicted molar refractivity (Wildman–Crippen MR) is 143 cm³/mol. The average Bonchev–Trinajstić information content (AvgIpc) is 3.51. The summed E-state index contributed by atoms with van der Waals surface area (Å²) in [5.74, 6) is -0.200. The van der Waals surface area contributed by atoms with E-state index in [-0.39, 0.29) is 24.6 Å². The lowest BCUT2D eigenvalue weighted by atomic mass is 10.0. The second-order valence-corrected chi connectivity index (χ2v) is 8.88. The van der Waals surface area contributed by atoms with Crippen molar-refractivity contribution >= 4 is 34.6 Å². The number of aryl methyl sites for hydroxylation is 1. The summed E-state index contributed by atoms with van der Waals surface area (Å²) in [4.78, 5) is 23.1. The van der Waals surface area contributed by atoms with Crippen LogP contribution in [-0.2, 0) is 9.53 Å². The van der Waals surface area contributed by atoms with E-state index in [9.17, 15) is 4.79 Å². The first-order valence-corrected chi connectivity index (χ1v) is 12.0. The van der Waals surface area contributed by atoms with Crippen molar-refractivity contribution in [2.75, 3.05) is 23.9 Å². The molecule has 1 fully saturated rings. The molecule has 4 aromatic rings. The topological polar surface area (TPSA) is 84.3 Å². The molecule has 4 heterocycles. The summed E-state index contributed by atoms with van der Waals surface area (Å²) < 4.78 is 7.06. The van der Waals surface area contributed by atoms with E-state index >= 15 is 0 Å². The van der Waals surface area contributed by atoms with Gasteiger partial charge in [0, 0.05) is 42.8 Å². The number of carbonyl (C=O) groups is 1. The molecule has 0 bridgehead atoms. The number of carbonyl (C=O) groups excluding carboxylic acids is 1. The first-order valence-electron chi connectivity index (χ1n) is 11.5. The van der Waals surface area contributed by atoms with Crippen molar-refractivity contribution in [3.05, 3.63) is 102 Å². The fraction of sp³-hybridized carbons (Fsp3) is 0.185. The molecule has 9 heteroatoms. The Morgan fingerprint density at radius 1 is 1.11 bits per heavy atom. The second-order valence-electron chi connectivity index (χ2n) is 8.49. The smallest absolute Gasteiger partial charge is 0.250 e. The van der Waals surface area contributed by atoms with Gasteiger partial charge in [-0.1, -0.05) is 6.07 Å². The summed E-state index contributed by atoms with van der Waals surface area (Å²) in [5.41, 5.74) is 5.46. The Morgan fingerprint density at radius 2 is 2.00 bits per heavy atom. The van der Waals surface area contributed by atoms with Crippen molar-refractivity contribution in [1.82, 2.24) is 19.9 Å². The van der Waals surface area contributed by atoms with Crippen LogP contribution in [0.25, 0.3) is 5.69 Å². The van der Waals surface area contributed by atoms with E-state index < -0.39 is 0 Å². The van der Waals surface area contributed by atoms with Gasteiger partial charge in [0.25, 0.3) is 0 Å². The lowest BCUT2D eigenvalue weighted by molar-refractivity contribution is -0.119. The highest BCUT2D eigenvalue weighted by molar-refractivity contribution is 7.80. The Bertz CT molecular complexity index is 1380. The van der Waals surface area contributed by atoms with Crippen LogP contribution in [0.3, 0.4) is 0 Å². The summed E-state index contributed by atoms with van der Waals surface area (Å²) >= 11 is 5.87. The van der Waals surface area contributed by atoms with Crippen molar-refractivity contribution in [2.24, 2.45) is 0 Å². The van der Waals surface area contributed by atoms with Gasteiger partial charge < -0.3 is 24.8 Å². The summed E-state index contributed by atoms with van der Waals surface area (Å²) in [6, 6.07) is 19.5. The maximum absolute atomic E-state index is 12.0. The number of methoxy groups -OCH3 is 1. The van der Waals surface area contributed by atoms with Crippen LogP contribution in [0.1, 0.15) is 29.0 Å². The molecule has 36 heavy (non-hydrogen) atoms. The summed E-state index contributed by atoms with van der Waals surface area (Å²) in [6.45, 7) is 1.96. The minimum atomic E-state index is -0.200. The lowest BCUT2D eigenvalue weighted by Crippen LogP contribution is -2.30. The molecule has 0 radical (unpaired) electrons. The van der Waals surface area contributed by atoms with Gasteiger partial charge in [0.05, 0.1) is 23.6 Å². The fourth-order valence-electron chi connectivity index (χ4n) is 4.56. The van der Waals surface area contributed by atoms with Gasteiger partial charge in [-0.05, 0) is 79.3 Å². The molecule has 1 amide bonds. The molecule has 2 atom stereocenters. The fourth-order valence-corrected chi connectivity index (χ4v) is 4.90. The molecular weight excluding hydrogens is 472 g/mol. The highest BCUT2D eigenvalue weighted by Crippen LogP contribution is 2.42. The summed E-state index contributed by atoms with van der Waals surface area (Å²) in [5, 5.41) is 6.99. The van der Waals surface area contributed by atoms with Crippen molar-refractivity contribution in [3.8, 4) is 5.69 Å². The number of anilines is 2. The number of thiocarbonyl (C=S) groups is 1. The molecule has 0 spiro atoms. The highest BCUT2D eigenvalue weighted by atomic mass is 32.1. The number of nitrogens with one attached hydrogen (secondary N) is 2. The average molecular weight is 499 g/mol. The van der Waals surface area contributed by atoms with E-state index in [2.05, 4.69) is 36.1 Å². The maximum Gasteiger partial charge on any atom is 0.250 e. The van der Waals surface area contributed by atoms with Crippen LogP contribution in [0.4, 0.5) is 11.4 Å². The number of hydrogen-bond acceptors (Lipinski definition) is 5. The molecule has 3 aromatic heterocycles. The maximum atomic E-state index is 12.0. The Kier molecular flexibility index (Phi) is 6.75. The Labute approximate surface area is 215 Å². The zero-order valence-electron chi connectivity index (χ0n) is 20.0. The van der Waals surface area contributed by atoms with E-state index in [1.807, 2.05) is 73.9 Å². The summed E-state index contributed by atoms with van der Waals surface area (Å²) in [6.07, 6.45) is 7.42. The molecular formula is C27H26N6O2S. The molecule has 1 aromatic carbocycles. The van der Waals surface area contributed by atoms with E-state index in [0.717, 1.165) is 34.0 Å². The zero-order valence-corrected chi connectivity index (χ0v) is 20.8. The van der Waals surface area contributed by atoms with E-state index in [1.165, 1.54) is 7.11 Å². The zero-order chi connectivity index (χ0) is 25.1. The van der Waals surface area contributed by atoms with Gasteiger partial charge in [-0.25, -0.2) is 0 Å². The number of pyridine rings is 2. The van der Waals surface area contributed by atoms with Gasteiger partial charge in [0.2, 0.25) is 5.91 Å². The Balaban J connectivity index is 1.58. The molecule has 2 N–H and O–H groups in total. The third-order valence-electron chi connectivity index (χ3n) is 6.14. The SMILES string of the molecule is COCC(=O)Nc1ccc(N2C(=S)N[C@H](c3ccccn3)[C@H]2c2cccn2-c2cccnc2)cc1C. The van der Waals surface area contributed by atoms with Crippen molar-refractivity contribution in [2.45, 2.75) is 19.0 Å². The van der Waals surface area contributed by atoms with Gasteiger partial charge >= 0.3 is 0 Å². The molecule has 1 aliphatic heterocycles. The number of amides is 1. The van der Waals surface area contributed by atoms with E-state index in [1.54, 1.807) is 12.4 Å². The largest absolute Gasteiger partial charge is 0.375 e. The number of ether oxygens (including phenoxy) is 1. The van der Waals surface area contributed by atoms with Gasteiger partial charge in [0.15, 0.2) is 5.11 Å². The third-order valence-corrected chi connectivity index (χ3v) is 6.46. The van der Waals surface area contributed by atoms with Crippen molar-refractivity contribution in [3.63, 3.8) is 0 Å². The number of aromatic nitrogens is 3. The molecule has 1 aliphatic rings. The predicted octanol–water partition coefficient (Wildman–Crippen LogP) is 4.34. The normalized spacial score (nSPS) is 17.2. The van der Waals surface area contributed by atoms with Crippen LogP contribution in [-0.4, -0.2) is 39.3 Å². The molecule has 8 nitrogen and oxygen atoms in total. The lowest BCUT2D eigenvalue weighted by Gasteiger charge is -2.29. The Hall–Kier alpha value is -4.08. The standard InChI is InChI=1S/C27H26N6O2S/c1-18-15-19(10-11-21(18)30-24(34)17-35-2)33-26(25(31-27(33)36)22-8-3-4-13-29-22)23-9-6-14-32(23)20-7-5-12-28-16-20/h3-16,25-26H,17H2,1-2H3,(H,30,34)(H,31,36)/t25-,26-/m1/s1. The molecule has 0 saturated carbocycles. The first-order chi connectivity index (χ1) is 17.6. The second kappa shape index (κ2) is 10.3. The molecule has 182 valence electrons. The Morgan fingerprint density at radius 3 is 2.72 bits per heavy atom. The molecule has 0 unspecified atom stereocenters. The van der Waals surface area contributed by atoms with Gasteiger partial charge in [-0.2, -0.15) is 0 Å². The number of nitrogens with zero attached hydrogens (tertiary/aromatic N) is 4. The van der Waals surface area contributed by atoms with Crippen LogP contribution in [0.5, 0.6) is 0 Å². The van der Waals surface area contributed by atoms with E-state index in [0.29, 0.717) is 5.11 Å². The van der Waals surface area contributed by atoms with Crippen LogP contribution in [0.2, 0.25) is 0 Å². The highest BCUT2D eigenvalue weighted by Gasteiger charge is 2.42. The van der Waals surface area contributed by atoms with Gasteiger partial charge in [-0.3, -0.25) is 14.8 Å². The molecule has 0 aliphatic carbocycles. The number of rotatable bonds is 7. The number of hydrogen-bond donors (Lipinski definition) is 2. The van der Waals surface area contributed by atoms with Crippen molar-refractivity contribution in [1.29, 1.82) is 0 Å². The monoisotopic (exact) mass is 498 g/mol. The van der Waals surface area contributed by atoms with Crippen LogP contribution < -0.4 is 15.5 Å². The van der Waals surface area contributed by atoms with Gasteiger partial charge in [-0.15, -0.1) is 0 Å². The molecule has 1 saturated heterocycles. The molecule has 5 rings (SSSR count). The van der Waals surface area contributed by atoms with E-state index in [4.69, 9.17) is 17.0 Å². The first kappa shape index (κ1) is 23.7. The number of benzene rings is 1.